The van der Waals surface area contributed by atoms with Crippen LogP contribution in [0.2, 0.25) is 0 Å². The number of carbonyl (C=O) groups is 1. The highest BCUT2D eigenvalue weighted by atomic mass is 19.4. The molecule has 6 nitrogen and oxygen atoms in total. The van der Waals surface area contributed by atoms with Crippen LogP contribution in [0.3, 0.4) is 0 Å². The molecule has 0 aliphatic carbocycles. The fourth-order valence-corrected chi connectivity index (χ4v) is 3.45. The van der Waals surface area contributed by atoms with E-state index in [9.17, 15) is 35.5 Å². The maximum atomic E-state index is 14.8. The van der Waals surface area contributed by atoms with E-state index in [0.29, 0.717) is 12.1 Å². The molecule has 13 heteroatoms. The lowest BCUT2D eigenvalue weighted by Gasteiger charge is -2.31. The summed E-state index contributed by atoms with van der Waals surface area (Å²) in [6.45, 7) is 0. The van der Waals surface area contributed by atoms with Crippen LogP contribution in [-0.2, 0) is 5.67 Å². The van der Waals surface area contributed by atoms with Gasteiger partial charge in [-0.15, -0.1) is 0 Å². The van der Waals surface area contributed by atoms with Crippen LogP contribution in [0.15, 0.2) is 42.6 Å². The topological polar surface area (TPSA) is 69.7 Å². The Balaban J connectivity index is 2.13. The number of amides is 1. The number of ether oxygens (including phenoxy) is 3. The third kappa shape index (κ3) is 4.37. The number of nitrogens with one attached hydrogen (secondary N) is 1. The molecule has 0 aliphatic rings. The van der Waals surface area contributed by atoms with Gasteiger partial charge in [-0.2, -0.15) is 26.3 Å². The van der Waals surface area contributed by atoms with Gasteiger partial charge in [0, 0.05) is 22.7 Å². The van der Waals surface area contributed by atoms with Crippen molar-refractivity contribution >= 4 is 22.5 Å². The van der Waals surface area contributed by atoms with E-state index in [4.69, 9.17) is 14.2 Å². The number of aromatic nitrogens is 1. The second-order valence-electron chi connectivity index (χ2n) is 7.08. The predicted molar refractivity (Wildman–Crippen MR) is 111 cm³/mol. The van der Waals surface area contributed by atoms with Crippen molar-refractivity contribution in [1.82, 2.24) is 4.98 Å². The molecule has 0 atom stereocenters. The Labute approximate surface area is 193 Å². The van der Waals surface area contributed by atoms with E-state index < -0.39 is 40.4 Å². The first kappa shape index (κ1) is 25.8. The van der Waals surface area contributed by atoms with Crippen molar-refractivity contribution in [2.45, 2.75) is 18.0 Å². The van der Waals surface area contributed by atoms with Crippen LogP contribution in [-0.4, -0.2) is 44.6 Å². The summed E-state index contributed by atoms with van der Waals surface area (Å²) >= 11 is 0. The molecule has 1 N–H and O–H groups in total. The smallest absolute Gasteiger partial charge is 0.435 e. The number of anilines is 1. The number of nitrogens with zero attached hydrogens (tertiary/aromatic N) is 1. The normalized spacial score (nSPS) is 12.4. The molecule has 0 unspecified atom stereocenters. The van der Waals surface area contributed by atoms with Crippen LogP contribution in [0, 0.1) is 0 Å². The van der Waals surface area contributed by atoms with Crippen LogP contribution >= 0.6 is 0 Å². The van der Waals surface area contributed by atoms with E-state index in [2.05, 4.69) is 10.3 Å². The Kier molecular flexibility index (Phi) is 6.73. The van der Waals surface area contributed by atoms with Crippen LogP contribution in [0.4, 0.5) is 36.4 Å². The first-order chi connectivity index (χ1) is 16.3. The SMILES string of the molecule is COc1cc(C(=O)Nc2ccc(C(F)(C(F)(F)F)C(F)(F)F)c3cccnc23)cc(OC)c1OC. The molecule has 0 bridgehead atoms. The Morgan fingerprint density at radius 2 is 1.43 bits per heavy atom. The number of halogens is 7. The molecule has 1 amide bonds. The molecule has 0 fully saturated rings. The van der Waals surface area contributed by atoms with E-state index in [1.54, 1.807) is 0 Å². The van der Waals surface area contributed by atoms with E-state index in [1.165, 1.54) is 33.5 Å². The average Bonchev–Trinajstić information content (AvgIpc) is 2.81. The highest BCUT2D eigenvalue weighted by molar-refractivity contribution is 6.09. The van der Waals surface area contributed by atoms with E-state index in [-0.39, 0.29) is 28.5 Å². The molecular weight excluding hydrogens is 489 g/mol. The minimum Gasteiger partial charge on any atom is -0.493 e. The predicted octanol–water partition coefficient (Wildman–Crippen LogP) is 5.80. The van der Waals surface area contributed by atoms with Gasteiger partial charge in [0.25, 0.3) is 5.91 Å². The zero-order valence-corrected chi connectivity index (χ0v) is 18.3. The molecule has 3 rings (SSSR count). The standard InChI is InChI=1S/C22H17F7N2O4/c1-33-15-9-11(10-16(34-2)18(15)35-3)19(32)31-14-7-6-13(12-5-4-8-30-17(12)14)20(23,21(24,25)26)22(27,28)29/h4-10H,1-3H3,(H,31,32). The highest BCUT2D eigenvalue weighted by Crippen LogP contribution is 2.55. The first-order valence-electron chi connectivity index (χ1n) is 9.62. The van der Waals surface area contributed by atoms with Crippen LogP contribution < -0.4 is 19.5 Å². The second kappa shape index (κ2) is 9.12. The summed E-state index contributed by atoms with van der Waals surface area (Å²) in [5, 5.41) is 1.57. The number of methoxy groups -OCH3 is 3. The van der Waals surface area contributed by atoms with E-state index >= 15 is 0 Å². The first-order valence-corrected chi connectivity index (χ1v) is 9.62. The van der Waals surface area contributed by atoms with Crippen LogP contribution in [0.1, 0.15) is 15.9 Å². The zero-order valence-electron chi connectivity index (χ0n) is 18.3. The summed E-state index contributed by atoms with van der Waals surface area (Å²) in [6.07, 6.45) is -11.5. The molecule has 3 aromatic rings. The number of carbonyl (C=O) groups excluding carboxylic acids is 1. The highest BCUT2D eigenvalue weighted by Gasteiger charge is 2.74. The van der Waals surface area contributed by atoms with Gasteiger partial charge in [0.1, 0.15) is 0 Å². The third-order valence-electron chi connectivity index (χ3n) is 5.10. The monoisotopic (exact) mass is 506 g/mol. The summed E-state index contributed by atoms with van der Waals surface area (Å²) in [5.74, 6) is -0.412. The van der Waals surface area contributed by atoms with Gasteiger partial charge in [0.2, 0.25) is 5.75 Å². The number of rotatable bonds is 6. The minimum absolute atomic E-state index is 0.0434. The van der Waals surface area contributed by atoms with Gasteiger partial charge in [-0.05, 0) is 24.3 Å². The van der Waals surface area contributed by atoms with Crippen molar-refractivity contribution in [3.63, 3.8) is 0 Å². The molecule has 0 saturated carbocycles. The quantitative estimate of drug-likeness (QED) is 0.428. The Morgan fingerprint density at radius 1 is 0.857 bits per heavy atom. The van der Waals surface area contributed by atoms with Gasteiger partial charge < -0.3 is 19.5 Å². The second-order valence-corrected chi connectivity index (χ2v) is 7.08. The van der Waals surface area contributed by atoms with Crippen molar-refractivity contribution < 1.29 is 49.7 Å². The van der Waals surface area contributed by atoms with Gasteiger partial charge >= 0.3 is 18.0 Å². The third-order valence-corrected chi connectivity index (χ3v) is 5.10. The summed E-state index contributed by atoms with van der Waals surface area (Å²) in [6, 6.07) is 5.48. The molecule has 0 aliphatic heterocycles. The number of alkyl halides is 7. The number of fused-ring (bicyclic) bond motifs is 1. The number of benzene rings is 2. The van der Waals surface area contributed by atoms with Crippen molar-refractivity contribution in [2.75, 3.05) is 26.6 Å². The van der Waals surface area contributed by atoms with E-state index in [0.717, 1.165) is 18.3 Å². The zero-order chi connectivity index (χ0) is 26.2. The molecular formula is C22H17F7N2O4. The molecule has 1 aromatic heterocycles. The summed E-state index contributed by atoms with van der Waals surface area (Å²) in [4.78, 5) is 16.6. The number of pyridine rings is 1. The molecule has 2 aromatic carbocycles. The maximum absolute atomic E-state index is 14.8. The Bertz CT molecular complexity index is 1220. The molecule has 35 heavy (non-hydrogen) atoms. The van der Waals surface area contributed by atoms with Gasteiger partial charge in [0.15, 0.2) is 11.5 Å². The van der Waals surface area contributed by atoms with Crippen LogP contribution in [0.5, 0.6) is 17.2 Å². The maximum Gasteiger partial charge on any atom is 0.435 e. The molecule has 0 radical (unpaired) electrons. The van der Waals surface area contributed by atoms with Crippen molar-refractivity contribution in [1.29, 1.82) is 0 Å². The average molecular weight is 506 g/mol. The van der Waals surface area contributed by atoms with E-state index in [1.807, 2.05) is 0 Å². The number of hydrogen-bond acceptors (Lipinski definition) is 5. The van der Waals surface area contributed by atoms with Gasteiger partial charge in [0.05, 0.1) is 32.5 Å². The summed E-state index contributed by atoms with van der Waals surface area (Å²) < 4.78 is 110. The molecule has 188 valence electrons. The minimum atomic E-state index is -6.31. The largest absolute Gasteiger partial charge is 0.493 e. The lowest BCUT2D eigenvalue weighted by atomic mass is 9.90. The fraction of sp³-hybridized carbons (Fsp3) is 0.273. The van der Waals surface area contributed by atoms with Gasteiger partial charge in [-0.1, -0.05) is 12.1 Å². The van der Waals surface area contributed by atoms with Gasteiger partial charge in [-0.25, -0.2) is 4.39 Å². The van der Waals surface area contributed by atoms with Crippen molar-refractivity contribution in [2.24, 2.45) is 0 Å². The lowest BCUT2D eigenvalue weighted by Crippen LogP contribution is -2.50. The Morgan fingerprint density at radius 3 is 1.91 bits per heavy atom. The molecule has 1 heterocycles. The number of hydrogen-bond donors (Lipinski definition) is 1. The van der Waals surface area contributed by atoms with Gasteiger partial charge in [-0.3, -0.25) is 9.78 Å². The summed E-state index contributed by atoms with van der Waals surface area (Å²) in [5.41, 5.74) is -8.15. The Hall–Kier alpha value is -3.77. The molecule has 0 spiro atoms. The lowest BCUT2D eigenvalue weighted by molar-refractivity contribution is -0.348. The van der Waals surface area contributed by atoms with Crippen molar-refractivity contribution in [3.05, 3.63) is 53.7 Å². The van der Waals surface area contributed by atoms with Crippen LogP contribution in [0.25, 0.3) is 10.9 Å². The summed E-state index contributed by atoms with van der Waals surface area (Å²) in [7, 11) is 3.95. The van der Waals surface area contributed by atoms with Crippen molar-refractivity contribution in [3.8, 4) is 17.2 Å². The molecule has 0 saturated heterocycles. The fourth-order valence-electron chi connectivity index (χ4n) is 3.45.